The molecule has 0 aromatic heterocycles. The van der Waals surface area contributed by atoms with Crippen LogP contribution in [0.25, 0.3) is 0 Å². The molecule has 0 spiro atoms. The van der Waals surface area contributed by atoms with Gasteiger partial charge in [-0.3, -0.25) is 4.79 Å². The standard InChI is InChI=1S/C10H11BrOS/c1-8(12)9-4-2-3-5-10(9)13-7-6-11/h2-5H,6-7H2,1H3. The number of benzene rings is 1. The third-order valence-corrected chi connectivity index (χ3v) is 3.60. The van der Waals surface area contributed by atoms with E-state index in [9.17, 15) is 4.79 Å². The predicted octanol–water partition coefficient (Wildman–Crippen LogP) is 3.38. The van der Waals surface area contributed by atoms with Gasteiger partial charge in [-0.25, -0.2) is 0 Å². The average Bonchev–Trinajstić information content (AvgIpc) is 2.15. The van der Waals surface area contributed by atoms with E-state index in [0.717, 1.165) is 21.5 Å². The molecular weight excluding hydrogens is 248 g/mol. The molecule has 0 heterocycles. The van der Waals surface area contributed by atoms with Crippen molar-refractivity contribution in [2.75, 3.05) is 11.1 Å². The van der Waals surface area contributed by atoms with Crippen LogP contribution >= 0.6 is 27.7 Å². The topological polar surface area (TPSA) is 17.1 Å². The highest BCUT2D eigenvalue weighted by atomic mass is 79.9. The van der Waals surface area contributed by atoms with E-state index in [0.29, 0.717) is 0 Å². The molecule has 0 aliphatic carbocycles. The molecule has 70 valence electrons. The zero-order chi connectivity index (χ0) is 9.68. The lowest BCUT2D eigenvalue weighted by Gasteiger charge is -2.04. The summed E-state index contributed by atoms with van der Waals surface area (Å²) in [5, 5.41) is 0.948. The first kappa shape index (κ1) is 10.8. The number of rotatable bonds is 4. The van der Waals surface area contributed by atoms with Gasteiger partial charge in [0.25, 0.3) is 0 Å². The quantitative estimate of drug-likeness (QED) is 0.468. The third-order valence-electron chi connectivity index (χ3n) is 1.60. The van der Waals surface area contributed by atoms with E-state index in [2.05, 4.69) is 15.9 Å². The Bertz CT molecular complexity index is 299. The Morgan fingerprint density at radius 2 is 2.15 bits per heavy atom. The highest BCUT2D eigenvalue weighted by Gasteiger charge is 2.05. The van der Waals surface area contributed by atoms with Crippen molar-refractivity contribution in [1.82, 2.24) is 0 Å². The summed E-state index contributed by atoms with van der Waals surface area (Å²) in [4.78, 5) is 12.3. The maximum Gasteiger partial charge on any atom is 0.160 e. The number of ketones is 1. The molecule has 3 heteroatoms. The van der Waals surface area contributed by atoms with Gasteiger partial charge in [0.15, 0.2) is 5.78 Å². The Kier molecular flexibility index (Phi) is 4.53. The normalized spacial score (nSPS) is 10.0. The number of halogens is 1. The SMILES string of the molecule is CC(=O)c1ccccc1SCCBr. The zero-order valence-electron chi connectivity index (χ0n) is 7.42. The van der Waals surface area contributed by atoms with Crippen LogP contribution in [0.4, 0.5) is 0 Å². The van der Waals surface area contributed by atoms with Gasteiger partial charge in [-0.1, -0.05) is 34.1 Å². The number of Topliss-reactive ketones (excluding diaryl/α,β-unsaturated/α-hetero) is 1. The first-order valence-corrected chi connectivity index (χ1v) is 6.15. The maximum absolute atomic E-state index is 11.2. The van der Waals surface area contributed by atoms with Crippen molar-refractivity contribution in [2.24, 2.45) is 0 Å². The second-order valence-corrected chi connectivity index (χ2v) is 4.52. The van der Waals surface area contributed by atoms with Gasteiger partial charge < -0.3 is 0 Å². The molecule has 0 fully saturated rings. The molecule has 0 bridgehead atoms. The van der Waals surface area contributed by atoms with E-state index in [1.807, 2.05) is 24.3 Å². The molecule has 0 aliphatic heterocycles. The van der Waals surface area contributed by atoms with Gasteiger partial charge in [0.2, 0.25) is 0 Å². The Labute approximate surface area is 91.0 Å². The van der Waals surface area contributed by atoms with Gasteiger partial charge in [-0.05, 0) is 13.0 Å². The molecular formula is C10H11BrOS. The second kappa shape index (κ2) is 5.45. The molecule has 1 rings (SSSR count). The van der Waals surface area contributed by atoms with Crippen molar-refractivity contribution < 1.29 is 4.79 Å². The van der Waals surface area contributed by atoms with Crippen LogP contribution in [0, 0.1) is 0 Å². The van der Waals surface area contributed by atoms with Crippen LogP contribution < -0.4 is 0 Å². The molecule has 13 heavy (non-hydrogen) atoms. The van der Waals surface area contributed by atoms with E-state index >= 15 is 0 Å². The van der Waals surface area contributed by atoms with Crippen molar-refractivity contribution in [3.8, 4) is 0 Å². The molecule has 1 aromatic rings. The highest BCUT2D eigenvalue weighted by molar-refractivity contribution is 9.09. The molecule has 0 amide bonds. The number of carbonyl (C=O) groups is 1. The van der Waals surface area contributed by atoms with Crippen molar-refractivity contribution >= 4 is 33.5 Å². The maximum atomic E-state index is 11.2. The first-order valence-electron chi connectivity index (χ1n) is 4.04. The Hall–Kier alpha value is -0.280. The minimum atomic E-state index is 0.137. The Morgan fingerprint density at radius 1 is 1.46 bits per heavy atom. The monoisotopic (exact) mass is 258 g/mol. The van der Waals surface area contributed by atoms with E-state index < -0.39 is 0 Å². The highest BCUT2D eigenvalue weighted by Crippen LogP contribution is 2.22. The first-order chi connectivity index (χ1) is 6.25. The number of alkyl halides is 1. The average molecular weight is 259 g/mol. The summed E-state index contributed by atoms with van der Waals surface area (Å²) in [5.74, 6) is 1.13. The fraction of sp³-hybridized carbons (Fsp3) is 0.300. The lowest BCUT2D eigenvalue weighted by molar-refractivity contribution is 0.101. The number of hydrogen-bond donors (Lipinski definition) is 0. The summed E-state index contributed by atoms with van der Waals surface area (Å²) >= 11 is 5.07. The van der Waals surface area contributed by atoms with Gasteiger partial charge in [0.05, 0.1) is 0 Å². The van der Waals surface area contributed by atoms with Crippen LogP contribution in [0.1, 0.15) is 17.3 Å². The molecule has 0 unspecified atom stereocenters. The van der Waals surface area contributed by atoms with E-state index in [1.54, 1.807) is 18.7 Å². The van der Waals surface area contributed by atoms with E-state index in [4.69, 9.17) is 0 Å². The van der Waals surface area contributed by atoms with E-state index in [-0.39, 0.29) is 5.78 Å². The van der Waals surface area contributed by atoms with Gasteiger partial charge >= 0.3 is 0 Å². The zero-order valence-corrected chi connectivity index (χ0v) is 9.82. The lowest BCUT2D eigenvalue weighted by atomic mass is 10.1. The van der Waals surface area contributed by atoms with Gasteiger partial charge in [0.1, 0.15) is 0 Å². The third kappa shape index (κ3) is 3.16. The van der Waals surface area contributed by atoms with Crippen LogP contribution in [-0.4, -0.2) is 16.9 Å². The smallest absolute Gasteiger partial charge is 0.160 e. The fourth-order valence-corrected chi connectivity index (χ4v) is 2.36. The van der Waals surface area contributed by atoms with E-state index in [1.165, 1.54) is 0 Å². The summed E-state index contributed by atoms with van der Waals surface area (Å²) in [7, 11) is 0. The van der Waals surface area contributed by atoms with Crippen LogP contribution in [0.15, 0.2) is 29.2 Å². The number of carbonyl (C=O) groups excluding carboxylic acids is 1. The Morgan fingerprint density at radius 3 is 2.77 bits per heavy atom. The molecule has 0 saturated heterocycles. The minimum Gasteiger partial charge on any atom is -0.294 e. The van der Waals surface area contributed by atoms with Crippen molar-refractivity contribution in [2.45, 2.75) is 11.8 Å². The number of thioether (sulfide) groups is 1. The van der Waals surface area contributed by atoms with Gasteiger partial charge in [-0.2, -0.15) is 0 Å². The Balaban J connectivity index is 2.84. The van der Waals surface area contributed by atoms with Crippen LogP contribution in [0.3, 0.4) is 0 Å². The summed E-state index contributed by atoms with van der Waals surface area (Å²) in [6.45, 7) is 1.60. The summed E-state index contributed by atoms with van der Waals surface area (Å²) < 4.78 is 0. The molecule has 0 saturated carbocycles. The molecule has 0 atom stereocenters. The summed E-state index contributed by atoms with van der Waals surface area (Å²) in [6, 6.07) is 7.72. The molecule has 0 radical (unpaired) electrons. The largest absolute Gasteiger partial charge is 0.294 e. The minimum absolute atomic E-state index is 0.137. The van der Waals surface area contributed by atoms with Crippen LogP contribution in [-0.2, 0) is 0 Å². The van der Waals surface area contributed by atoms with Crippen LogP contribution in [0.5, 0.6) is 0 Å². The molecule has 1 nitrogen and oxygen atoms in total. The van der Waals surface area contributed by atoms with Gasteiger partial charge in [-0.15, -0.1) is 11.8 Å². The van der Waals surface area contributed by atoms with Crippen molar-refractivity contribution in [3.05, 3.63) is 29.8 Å². The molecule has 0 aliphatic rings. The fourth-order valence-electron chi connectivity index (χ4n) is 1.03. The van der Waals surface area contributed by atoms with Crippen molar-refractivity contribution in [1.29, 1.82) is 0 Å². The molecule has 0 N–H and O–H groups in total. The second-order valence-electron chi connectivity index (χ2n) is 2.59. The lowest BCUT2D eigenvalue weighted by Crippen LogP contribution is -1.95. The van der Waals surface area contributed by atoms with Crippen LogP contribution in [0.2, 0.25) is 0 Å². The van der Waals surface area contributed by atoms with Gasteiger partial charge in [0, 0.05) is 21.5 Å². The number of hydrogen-bond acceptors (Lipinski definition) is 2. The predicted molar refractivity (Wildman–Crippen MR) is 61.0 cm³/mol. The van der Waals surface area contributed by atoms with Crippen molar-refractivity contribution in [3.63, 3.8) is 0 Å². The summed E-state index contributed by atoms with van der Waals surface area (Å²) in [6.07, 6.45) is 0. The molecule has 1 aromatic carbocycles. The summed E-state index contributed by atoms with van der Waals surface area (Å²) in [5.41, 5.74) is 0.827.